The van der Waals surface area contributed by atoms with Gasteiger partial charge >= 0.3 is 6.18 Å². The zero-order valence-electron chi connectivity index (χ0n) is 14.5. The molecule has 0 aromatic carbocycles. The first kappa shape index (κ1) is 17.3. The van der Waals surface area contributed by atoms with Crippen LogP contribution in [-0.2, 0) is 12.7 Å². The van der Waals surface area contributed by atoms with Gasteiger partial charge in [0, 0.05) is 31.4 Å². The van der Waals surface area contributed by atoms with Gasteiger partial charge in [-0.1, -0.05) is 0 Å². The molecule has 1 saturated heterocycles. The molecule has 1 saturated carbocycles. The van der Waals surface area contributed by atoms with E-state index in [0.717, 1.165) is 49.9 Å². The molecule has 2 fully saturated rings. The number of furan rings is 1. The monoisotopic (exact) mass is 366 g/mol. The van der Waals surface area contributed by atoms with Crippen LogP contribution in [0.15, 0.2) is 28.8 Å². The number of aryl methyl sites for hydroxylation is 1. The summed E-state index contributed by atoms with van der Waals surface area (Å²) in [7, 11) is 0. The van der Waals surface area contributed by atoms with Crippen molar-refractivity contribution < 1.29 is 17.6 Å². The molecular formula is C18H21F3N4O. The van der Waals surface area contributed by atoms with Crippen LogP contribution in [-0.4, -0.2) is 40.0 Å². The van der Waals surface area contributed by atoms with Gasteiger partial charge in [-0.05, 0) is 44.4 Å². The van der Waals surface area contributed by atoms with Gasteiger partial charge in [0.1, 0.15) is 17.2 Å². The minimum Gasteiger partial charge on any atom is -0.465 e. The third-order valence-corrected chi connectivity index (χ3v) is 4.92. The van der Waals surface area contributed by atoms with Crippen molar-refractivity contribution in [3.05, 3.63) is 41.6 Å². The van der Waals surface area contributed by atoms with Crippen LogP contribution in [0.2, 0.25) is 0 Å². The highest BCUT2D eigenvalue weighted by Crippen LogP contribution is 2.36. The average Bonchev–Trinajstić information content (AvgIpc) is 3.17. The Morgan fingerprint density at radius 3 is 2.65 bits per heavy atom. The summed E-state index contributed by atoms with van der Waals surface area (Å²) in [5.74, 6) is 1.99. The average molecular weight is 366 g/mol. The first-order chi connectivity index (χ1) is 12.4. The number of halogens is 3. The summed E-state index contributed by atoms with van der Waals surface area (Å²) in [6.45, 7) is 4.28. The van der Waals surface area contributed by atoms with Crippen molar-refractivity contribution in [2.24, 2.45) is 0 Å². The number of likely N-dealkylation sites (tertiary alicyclic amines) is 1. The largest absolute Gasteiger partial charge is 0.465 e. The molecule has 5 nitrogen and oxygen atoms in total. The van der Waals surface area contributed by atoms with Crippen molar-refractivity contribution in [1.29, 1.82) is 0 Å². The summed E-state index contributed by atoms with van der Waals surface area (Å²) in [4.78, 5) is 12.2. The molecule has 140 valence electrons. The van der Waals surface area contributed by atoms with Crippen molar-refractivity contribution in [2.45, 2.75) is 51.0 Å². The molecule has 0 bridgehead atoms. The number of hydrogen-bond donors (Lipinski definition) is 0. The Bertz CT molecular complexity index is 772. The predicted molar refractivity (Wildman–Crippen MR) is 89.7 cm³/mol. The molecule has 2 aromatic heterocycles. The molecule has 1 aliphatic carbocycles. The standard InChI is InChI=1S/C18H21F3N4O/c1-12-2-5-15(26-12)11-24-9-7-14(10-24)25(13-3-4-13)17-22-8-6-16(23-17)18(19,20)21/h2,5-6,8,13-14H,3-4,7,9-11H2,1H3. The molecular weight excluding hydrogens is 345 g/mol. The fourth-order valence-corrected chi connectivity index (χ4v) is 3.58. The molecule has 0 N–H and O–H groups in total. The third-order valence-electron chi connectivity index (χ3n) is 4.92. The Labute approximate surface area is 149 Å². The first-order valence-electron chi connectivity index (χ1n) is 8.86. The summed E-state index contributed by atoms with van der Waals surface area (Å²) in [6, 6.07) is 5.21. The maximum absolute atomic E-state index is 13.0. The summed E-state index contributed by atoms with van der Waals surface area (Å²) >= 11 is 0. The van der Waals surface area contributed by atoms with E-state index in [4.69, 9.17) is 4.42 Å². The molecule has 0 radical (unpaired) electrons. The molecule has 1 atom stereocenters. The van der Waals surface area contributed by atoms with Crippen LogP contribution in [0.3, 0.4) is 0 Å². The Morgan fingerprint density at radius 2 is 2.00 bits per heavy atom. The van der Waals surface area contributed by atoms with E-state index in [-0.39, 0.29) is 18.0 Å². The first-order valence-corrected chi connectivity index (χ1v) is 8.86. The van der Waals surface area contributed by atoms with Gasteiger partial charge in [-0.3, -0.25) is 4.90 Å². The van der Waals surface area contributed by atoms with Gasteiger partial charge in [0.15, 0.2) is 0 Å². The van der Waals surface area contributed by atoms with E-state index in [1.807, 2.05) is 24.0 Å². The Kier molecular flexibility index (Phi) is 4.38. The quantitative estimate of drug-likeness (QED) is 0.808. The van der Waals surface area contributed by atoms with Crippen molar-refractivity contribution in [2.75, 3.05) is 18.0 Å². The van der Waals surface area contributed by atoms with Crippen molar-refractivity contribution >= 4 is 5.95 Å². The molecule has 0 amide bonds. The van der Waals surface area contributed by atoms with E-state index in [1.165, 1.54) is 6.20 Å². The molecule has 2 aromatic rings. The Balaban J connectivity index is 1.49. The smallest absolute Gasteiger partial charge is 0.433 e. The minimum atomic E-state index is -4.45. The lowest BCUT2D eigenvalue weighted by Crippen LogP contribution is -2.40. The Morgan fingerprint density at radius 1 is 1.19 bits per heavy atom. The molecule has 4 rings (SSSR count). The molecule has 1 unspecified atom stereocenters. The van der Waals surface area contributed by atoms with Gasteiger partial charge in [0.2, 0.25) is 5.95 Å². The maximum atomic E-state index is 13.0. The lowest BCUT2D eigenvalue weighted by atomic mass is 10.2. The second-order valence-electron chi connectivity index (χ2n) is 7.07. The zero-order chi connectivity index (χ0) is 18.3. The molecule has 8 heteroatoms. The lowest BCUT2D eigenvalue weighted by Gasteiger charge is -2.29. The van der Waals surface area contributed by atoms with Gasteiger partial charge in [0.05, 0.1) is 6.54 Å². The van der Waals surface area contributed by atoms with Crippen molar-refractivity contribution in [3.63, 3.8) is 0 Å². The van der Waals surface area contributed by atoms with Gasteiger partial charge < -0.3 is 9.32 Å². The highest BCUT2D eigenvalue weighted by atomic mass is 19.4. The molecule has 2 aliphatic rings. The Hall–Kier alpha value is -2.09. The number of hydrogen-bond acceptors (Lipinski definition) is 5. The normalized spacial score (nSPS) is 21.3. The summed E-state index contributed by atoms with van der Waals surface area (Å²) in [5.41, 5.74) is -0.880. The third kappa shape index (κ3) is 3.70. The molecule has 3 heterocycles. The van der Waals surface area contributed by atoms with Gasteiger partial charge in [0.25, 0.3) is 0 Å². The van der Waals surface area contributed by atoms with E-state index in [2.05, 4.69) is 14.9 Å². The van der Waals surface area contributed by atoms with Crippen LogP contribution in [0.25, 0.3) is 0 Å². The van der Waals surface area contributed by atoms with Gasteiger partial charge in [-0.25, -0.2) is 9.97 Å². The van der Waals surface area contributed by atoms with Crippen LogP contribution < -0.4 is 4.90 Å². The lowest BCUT2D eigenvalue weighted by molar-refractivity contribution is -0.141. The fourth-order valence-electron chi connectivity index (χ4n) is 3.58. The summed E-state index contributed by atoms with van der Waals surface area (Å²) < 4.78 is 44.6. The van der Waals surface area contributed by atoms with Crippen LogP contribution in [0.5, 0.6) is 0 Å². The number of nitrogens with zero attached hydrogens (tertiary/aromatic N) is 4. The molecule has 1 aliphatic heterocycles. The van der Waals surface area contributed by atoms with Gasteiger partial charge in [-0.2, -0.15) is 13.2 Å². The van der Waals surface area contributed by atoms with Crippen molar-refractivity contribution in [3.8, 4) is 0 Å². The second-order valence-corrected chi connectivity index (χ2v) is 7.07. The number of anilines is 1. The van der Waals surface area contributed by atoms with E-state index in [0.29, 0.717) is 6.54 Å². The van der Waals surface area contributed by atoms with Crippen molar-refractivity contribution in [1.82, 2.24) is 14.9 Å². The number of alkyl halides is 3. The van der Waals surface area contributed by atoms with E-state index >= 15 is 0 Å². The molecule has 26 heavy (non-hydrogen) atoms. The summed E-state index contributed by atoms with van der Waals surface area (Å²) in [5, 5.41) is 0. The van der Waals surface area contributed by atoms with Crippen LogP contribution >= 0.6 is 0 Å². The molecule has 0 spiro atoms. The number of aromatic nitrogens is 2. The SMILES string of the molecule is Cc1ccc(CN2CCC(N(c3nccc(C(F)(F)F)n3)C3CC3)C2)o1. The summed E-state index contributed by atoms with van der Waals surface area (Å²) in [6.07, 6.45) is -0.401. The minimum absolute atomic E-state index is 0.127. The van der Waals surface area contributed by atoms with Crippen LogP contribution in [0.4, 0.5) is 19.1 Å². The van der Waals surface area contributed by atoms with Crippen LogP contribution in [0.1, 0.15) is 36.5 Å². The maximum Gasteiger partial charge on any atom is 0.433 e. The zero-order valence-corrected chi connectivity index (χ0v) is 14.5. The highest BCUT2D eigenvalue weighted by Gasteiger charge is 2.40. The van der Waals surface area contributed by atoms with Gasteiger partial charge in [-0.15, -0.1) is 0 Å². The van der Waals surface area contributed by atoms with E-state index in [9.17, 15) is 13.2 Å². The topological polar surface area (TPSA) is 45.4 Å². The fraction of sp³-hybridized carbons (Fsp3) is 0.556. The highest BCUT2D eigenvalue weighted by molar-refractivity contribution is 5.37. The second kappa shape index (κ2) is 6.57. The van der Waals surface area contributed by atoms with E-state index < -0.39 is 11.9 Å². The van der Waals surface area contributed by atoms with E-state index in [1.54, 1.807) is 0 Å². The predicted octanol–water partition coefficient (Wildman–Crippen LogP) is 3.64. The van der Waals surface area contributed by atoms with Crippen LogP contribution in [0, 0.1) is 6.92 Å². The number of rotatable bonds is 5.